The van der Waals surface area contributed by atoms with Gasteiger partial charge in [0.2, 0.25) is 5.91 Å². The van der Waals surface area contributed by atoms with Crippen molar-refractivity contribution in [1.82, 2.24) is 14.9 Å². The van der Waals surface area contributed by atoms with Crippen LogP contribution in [0.2, 0.25) is 5.02 Å². The van der Waals surface area contributed by atoms with E-state index in [1.54, 1.807) is 18.2 Å². The maximum absolute atomic E-state index is 13.1. The Morgan fingerprint density at radius 1 is 1.28 bits per heavy atom. The molecule has 0 unspecified atom stereocenters. The minimum atomic E-state index is -0.265. The van der Waals surface area contributed by atoms with Gasteiger partial charge in [0.25, 0.3) is 5.56 Å². The number of aromatic nitrogens is 2. The molecule has 0 saturated carbocycles. The molecule has 3 aromatic rings. The molecule has 0 radical (unpaired) electrons. The molecule has 4 rings (SSSR count). The molecule has 2 N–H and O–H groups in total. The Balaban J connectivity index is 1.38. The van der Waals surface area contributed by atoms with Crippen molar-refractivity contribution in [2.24, 2.45) is 0 Å². The van der Waals surface area contributed by atoms with E-state index in [1.807, 2.05) is 19.1 Å². The number of thioether (sulfide) groups is 1. The summed E-state index contributed by atoms with van der Waals surface area (Å²) in [5.41, 5.74) is 3.66. The number of nitrogens with zero attached hydrogens (tertiary/aromatic N) is 2. The van der Waals surface area contributed by atoms with E-state index in [0.717, 1.165) is 23.4 Å². The third kappa shape index (κ3) is 5.38. The molecular formula is C23H22ClFN4O2S. The molecule has 0 spiro atoms. The molecule has 6 nitrogen and oxygen atoms in total. The maximum Gasteiger partial charge on any atom is 0.256 e. The molecule has 9 heteroatoms. The number of anilines is 1. The van der Waals surface area contributed by atoms with E-state index in [4.69, 9.17) is 11.6 Å². The summed E-state index contributed by atoms with van der Waals surface area (Å²) in [4.78, 5) is 34.5. The zero-order chi connectivity index (χ0) is 22.7. The fourth-order valence-corrected chi connectivity index (χ4v) is 4.56. The topological polar surface area (TPSA) is 78.1 Å². The normalized spacial score (nSPS) is 13.6. The lowest BCUT2D eigenvalue weighted by Crippen LogP contribution is -2.35. The van der Waals surface area contributed by atoms with E-state index in [0.29, 0.717) is 40.9 Å². The molecule has 0 aliphatic carbocycles. The summed E-state index contributed by atoms with van der Waals surface area (Å²) in [6.07, 6.45) is 0.638. The quantitative estimate of drug-likeness (QED) is 0.416. The molecule has 1 amide bonds. The highest BCUT2D eigenvalue weighted by Crippen LogP contribution is 2.26. The van der Waals surface area contributed by atoms with E-state index in [2.05, 4.69) is 20.2 Å². The van der Waals surface area contributed by atoms with Crippen LogP contribution in [0.15, 0.2) is 52.4 Å². The Kier molecular flexibility index (Phi) is 6.93. The average molecular weight is 473 g/mol. The summed E-state index contributed by atoms with van der Waals surface area (Å²) >= 11 is 7.34. The molecule has 1 aliphatic rings. The summed E-state index contributed by atoms with van der Waals surface area (Å²) < 4.78 is 13.1. The number of halogens is 2. The Hall–Kier alpha value is -2.68. The van der Waals surface area contributed by atoms with Crippen molar-refractivity contribution in [2.45, 2.75) is 31.6 Å². The van der Waals surface area contributed by atoms with Crippen LogP contribution in [0.5, 0.6) is 0 Å². The van der Waals surface area contributed by atoms with Gasteiger partial charge in [0.1, 0.15) is 5.82 Å². The van der Waals surface area contributed by atoms with Crippen LogP contribution in [0.1, 0.15) is 22.4 Å². The van der Waals surface area contributed by atoms with Gasteiger partial charge in [-0.1, -0.05) is 47.6 Å². The smallest absolute Gasteiger partial charge is 0.256 e. The van der Waals surface area contributed by atoms with Crippen LogP contribution < -0.4 is 10.9 Å². The van der Waals surface area contributed by atoms with Crippen molar-refractivity contribution in [3.63, 3.8) is 0 Å². The molecule has 166 valence electrons. The van der Waals surface area contributed by atoms with Crippen LogP contribution in [0.3, 0.4) is 0 Å². The largest absolute Gasteiger partial charge is 0.324 e. The monoisotopic (exact) mass is 472 g/mol. The lowest BCUT2D eigenvalue weighted by Gasteiger charge is -2.27. The SMILES string of the molecule is Cc1cccc(Cl)c1NC(=O)CSc1nc2c(c(=O)[nH]1)CN(Cc1ccc(F)cc1)CC2. The summed E-state index contributed by atoms with van der Waals surface area (Å²) in [6, 6.07) is 11.8. The third-order valence-electron chi connectivity index (χ3n) is 5.27. The number of benzene rings is 2. The van der Waals surface area contributed by atoms with Crippen LogP contribution in [0.25, 0.3) is 0 Å². The first kappa shape index (κ1) is 22.5. The molecular weight excluding hydrogens is 451 g/mol. The zero-order valence-corrected chi connectivity index (χ0v) is 19.0. The average Bonchev–Trinajstić information content (AvgIpc) is 2.77. The number of hydrogen-bond acceptors (Lipinski definition) is 5. The predicted octanol–water partition coefficient (Wildman–Crippen LogP) is 4.16. The number of fused-ring (bicyclic) bond motifs is 1. The van der Waals surface area contributed by atoms with E-state index < -0.39 is 0 Å². The number of aromatic amines is 1. The molecule has 32 heavy (non-hydrogen) atoms. The first-order valence-corrected chi connectivity index (χ1v) is 11.5. The molecule has 2 aromatic carbocycles. The van der Waals surface area contributed by atoms with Gasteiger partial charge in [-0.15, -0.1) is 0 Å². The van der Waals surface area contributed by atoms with Crippen molar-refractivity contribution in [1.29, 1.82) is 0 Å². The Labute approximate surface area is 194 Å². The second-order valence-corrected chi connectivity index (χ2v) is 9.02. The number of carbonyl (C=O) groups is 1. The van der Waals surface area contributed by atoms with Crippen molar-refractivity contribution in [3.05, 3.63) is 86.0 Å². The third-order valence-corrected chi connectivity index (χ3v) is 6.46. The van der Waals surface area contributed by atoms with Crippen molar-refractivity contribution in [3.8, 4) is 0 Å². The van der Waals surface area contributed by atoms with Crippen LogP contribution in [0.4, 0.5) is 10.1 Å². The van der Waals surface area contributed by atoms with Gasteiger partial charge in [0.15, 0.2) is 5.16 Å². The lowest BCUT2D eigenvalue weighted by atomic mass is 10.1. The van der Waals surface area contributed by atoms with E-state index in [-0.39, 0.29) is 23.0 Å². The van der Waals surface area contributed by atoms with Crippen LogP contribution in [0, 0.1) is 12.7 Å². The Bertz CT molecular complexity index is 1180. The van der Waals surface area contributed by atoms with Gasteiger partial charge < -0.3 is 10.3 Å². The predicted molar refractivity (Wildman–Crippen MR) is 125 cm³/mol. The van der Waals surface area contributed by atoms with Gasteiger partial charge in [-0.2, -0.15) is 0 Å². The van der Waals surface area contributed by atoms with E-state index in [9.17, 15) is 14.0 Å². The highest BCUT2D eigenvalue weighted by Gasteiger charge is 2.21. The zero-order valence-electron chi connectivity index (χ0n) is 17.5. The molecule has 1 aromatic heterocycles. The molecule has 2 heterocycles. The Morgan fingerprint density at radius 3 is 2.81 bits per heavy atom. The molecule has 0 atom stereocenters. The molecule has 0 fully saturated rings. The number of rotatable bonds is 6. The minimum Gasteiger partial charge on any atom is -0.324 e. The van der Waals surface area contributed by atoms with Gasteiger partial charge in [-0.25, -0.2) is 9.37 Å². The summed E-state index contributed by atoms with van der Waals surface area (Å²) in [6.45, 7) is 3.73. The van der Waals surface area contributed by atoms with Crippen molar-refractivity contribution >= 4 is 35.0 Å². The first-order chi connectivity index (χ1) is 15.4. The van der Waals surface area contributed by atoms with Crippen molar-refractivity contribution in [2.75, 3.05) is 17.6 Å². The number of para-hydroxylation sites is 1. The molecule has 0 saturated heterocycles. The fraction of sp³-hybridized carbons (Fsp3) is 0.261. The summed E-state index contributed by atoms with van der Waals surface area (Å²) in [5, 5.41) is 3.72. The van der Waals surface area contributed by atoms with E-state index in [1.165, 1.54) is 23.9 Å². The highest BCUT2D eigenvalue weighted by molar-refractivity contribution is 7.99. The van der Waals surface area contributed by atoms with Crippen LogP contribution >= 0.6 is 23.4 Å². The van der Waals surface area contributed by atoms with Crippen LogP contribution in [-0.4, -0.2) is 33.1 Å². The second kappa shape index (κ2) is 9.85. The van der Waals surface area contributed by atoms with Gasteiger partial charge in [-0.05, 0) is 36.2 Å². The second-order valence-electron chi connectivity index (χ2n) is 7.65. The maximum atomic E-state index is 13.1. The number of H-pyrrole nitrogens is 1. The first-order valence-electron chi connectivity index (χ1n) is 10.2. The summed E-state index contributed by atoms with van der Waals surface area (Å²) in [5.74, 6) is -0.389. The number of carbonyl (C=O) groups excluding carboxylic acids is 1. The number of amides is 1. The van der Waals surface area contributed by atoms with Gasteiger partial charge >= 0.3 is 0 Å². The van der Waals surface area contributed by atoms with Gasteiger partial charge in [-0.3, -0.25) is 14.5 Å². The van der Waals surface area contributed by atoms with Gasteiger partial charge in [0.05, 0.1) is 27.7 Å². The fourth-order valence-electron chi connectivity index (χ4n) is 3.61. The number of hydrogen-bond donors (Lipinski definition) is 2. The summed E-state index contributed by atoms with van der Waals surface area (Å²) in [7, 11) is 0. The molecule has 0 bridgehead atoms. The number of aryl methyl sites for hydroxylation is 1. The molecule has 1 aliphatic heterocycles. The standard InChI is InChI=1S/C23H22ClFN4O2S/c1-14-3-2-4-18(24)21(14)27-20(30)13-32-23-26-19-9-10-29(12-17(19)22(31)28-23)11-15-5-7-16(25)8-6-15/h2-8H,9-13H2,1H3,(H,27,30)(H,26,28,31). The lowest BCUT2D eigenvalue weighted by molar-refractivity contribution is -0.113. The van der Waals surface area contributed by atoms with Crippen molar-refractivity contribution < 1.29 is 9.18 Å². The van der Waals surface area contributed by atoms with Crippen LogP contribution in [-0.2, 0) is 24.3 Å². The highest BCUT2D eigenvalue weighted by atomic mass is 35.5. The van der Waals surface area contributed by atoms with Gasteiger partial charge in [0, 0.05) is 26.1 Å². The van der Waals surface area contributed by atoms with E-state index >= 15 is 0 Å². The minimum absolute atomic E-state index is 0.100. The Morgan fingerprint density at radius 2 is 2.06 bits per heavy atom. The number of nitrogens with one attached hydrogen (secondary N) is 2.